The van der Waals surface area contributed by atoms with Gasteiger partial charge in [-0.05, 0) is 42.7 Å². The Hall–Kier alpha value is -1.96. The molecule has 0 heterocycles. The number of aliphatic imine (C=N–C) groups is 1. The molecule has 26 heavy (non-hydrogen) atoms. The van der Waals surface area contributed by atoms with E-state index in [4.69, 9.17) is 9.47 Å². The summed E-state index contributed by atoms with van der Waals surface area (Å²) in [4.78, 5) is 4.23. The molecule has 0 unspecified atom stereocenters. The molecule has 0 saturated carbocycles. The first-order chi connectivity index (χ1) is 12.3. The minimum Gasteiger partial charge on any atom is -0.497 e. The summed E-state index contributed by atoms with van der Waals surface area (Å²) in [6.45, 7) is 2.31. The van der Waals surface area contributed by atoms with Crippen LogP contribution in [-0.2, 0) is 6.42 Å². The van der Waals surface area contributed by atoms with Crippen LogP contribution in [0.2, 0.25) is 0 Å². The van der Waals surface area contributed by atoms with Gasteiger partial charge in [-0.2, -0.15) is 0 Å². The molecule has 6 heteroatoms. The van der Waals surface area contributed by atoms with Crippen LogP contribution < -0.4 is 20.1 Å². The summed E-state index contributed by atoms with van der Waals surface area (Å²) in [5.74, 6) is 2.51. The van der Waals surface area contributed by atoms with Crippen LogP contribution in [0, 0.1) is 0 Å². The molecule has 0 aliphatic rings. The third kappa shape index (κ3) is 8.42. The van der Waals surface area contributed by atoms with Gasteiger partial charge < -0.3 is 20.1 Å². The average molecular weight is 469 g/mol. The quantitative estimate of drug-likeness (QED) is 0.256. The first-order valence-electron chi connectivity index (χ1n) is 8.57. The summed E-state index contributed by atoms with van der Waals surface area (Å²) < 4.78 is 10.8. The molecule has 2 rings (SSSR count). The smallest absolute Gasteiger partial charge is 0.190 e. The maximum absolute atomic E-state index is 5.70. The van der Waals surface area contributed by atoms with Gasteiger partial charge in [-0.1, -0.05) is 30.3 Å². The highest BCUT2D eigenvalue weighted by atomic mass is 127. The SMILES string of the molecule is CN=C(NCCCOc1ccc(OC)cc1)NCCc1ccccc1.I. The van der Waals surface area contributed by atoms with Crippen molar-refractivity contribution in [3.05, 3.63) is 60.2 Å². The zero-order valence-corrected chi connectivity index (χ0v) is 17.7. The molecule has 0 saturated heterocycles. The van der Waals surface area contributed by atoms with Crippen molar-refractivity contribution >= 4 is 29.9 Å². The lowest BCUT2D eigenvalue weighted by molar-refractivity contribution is 0.310. The lowest BCUT2D eigenvalue weighted by Gasteiger charge is -2.12. The summed E-state index contributed by atoms with van der Waals surface area (Å²) in [5.41, 5.74) is 1.32. The topological polar surface area (TPSA) is 54.9 Å². The van der Waals surface area contributed by atoms with Crippen LogP contribution >= 0.6 is 24.0 Å². The molecule has 2 aromatic carbocycles. The minimum absolute atomic E-state index is 0. The monoisotopic (exact) mass is 469 g/mol. The predicted molar refractivity (Wildman–Crippen MR) is 118 cm³/mol. The second-order valence-corrected chi connectivity index (χ2v) is 5.54. The van der Waals surface area contributed by atoms with Gasteiger partial charge in [0.1, 0.15) is 11.5 Å². The number of halogens is 1. The first-order valence-corrected chi connectivity index (χ1v) is 8.57. The number of nitrogens with one attached hydrogen (secondary N) is 2. The van der Waals surface area contributed by atoms with Gasteiger partial charge in [0.15, 0.2) is 5.96 Å². The molecule has 0 fully saturated rings. The molecule has 0 spiro atoms. The van der Waals surface area contributed by atoms with Crippen LogP contribution in [0.3, 0.4) is 0 Å². The Morgan fingerprint density at radius 2 is 1.58 bits per heavy atom. The van der Waals surface area contributed by atoms with Crippen LogP contribution in [0.5, 0.6) is 11.5 Å². The zero-order valence-electron chi connectivity index (χ0n) is 15.4. The van der Waals surface area contributed by atoms with Gasteiger partial charge in [0.2, 0.25) is 0 Å². The molecule has 0 aromatic heterocycles. The van der Waals surface area contributed by atoms with Gasteiger partial charge in [-0.15, -0.1) is 24.0 Å². The lowest BCUT2D eigenvalue weighted by Crippen LogP contribution is -2.39. The van der Waals surface area contributed by atoms with E-state index in [2.05, 4.69) is 39.9 Å². The summed E-state index contributed by atoms with van der Waals surface area (Å²) in [7, 11) is 3.44. The number of methoxy groups -OCH3 is 1. The molecule has 142 valence electrons. The van der Waals surface area contributed by atoms with E-state index < -0.39 is 0 Å². The molecule has 5 nitrogen and oxygen atoms in total. The molecule has 0 atom stereocenters. The number of guanidine groups is 1. The normalized spacial score (nSPS) is 10.6. The Labute approximate surface area is 173 Å². The van der Waals surface area contributed by atoms with Gasteiger partial charge in [0.25, 0.3) is 0 Å². The largest absolute Gasteiger partial charge is 0.497 e. The van der Waals surface area contributed by atoms with Crippen LogP contribution in [0.25, 0.3) is 0 Å². The van der Waals surface area contributed by atoms with Crippen LogP contribution in [0.1, 0.15) is 12.0 Å². The van der Waals surface area contributed by atoms with Gasteiger partial charge in [0, 0.05) is 20.1 Å². The van der Waals surface area contributed by atoms with Crippen molar-refractivity contribution < 1.29 is 9.47 Å². The number of ether oxygens (including phenoxy) is 2. The van der Waals surface area contributed by atoms with E-state index in [-0.39, 0.29) is 24.0 Å². The first kappa shape index (κ1) is 22.1. The lowest BCUT2D eigenvalue weighted by atomic mass is 10.1. The van der Waals surface area contributed by atoms with Crippen molar-refractivity contribution in [2.45, 2.75) is 12.8 Å². The van der Waals surface area contributed by atoms with E-state index in [1.54, 1.807) is 14.2 Å². The van der Waals surface area contributed by atoms with Crippen LogP contribution in [0.4, 0.5) is 0 Å². The highest BCUT2D eigenvalue weighted by Crippen LogP contribution is 2.16. The standard InChI is InChI=1S/C20H27N3O2.HI/c1-21-20(23-15-13-17-7-4-3-5-8-17)22-14-6-16-25-19-11-9-18(24-2)10-12-19;/h3-5,7-12H,6,13-16H2,1-2H3,(H2,21,22,23);1H. The minimum atomic E-state index is 0. The van der Waals surface area contributed by atoms with Crippen molar-refractivity contribution in [2.75, 3.05) is 33.9 Å². The van der Waals surface area contributed by atoms with E-state index in [1.807, 2.05) is 30.3 Å². The van der Waals surface area contributed by atoms with Crippen molar-refractivity contribution in [2.24, 2.45) is 4.99 Å². The molecule has 0 aliphatic carbocycles. The molecular weight excluding hydrogens is 441 g/mol. The second-order valence-electron chi connectivity index (χ2n) is 5.54. The predicted octanol–water partition coefficient (Wildman–Crippen LogP) is 3.49. The zero-order chi connectivity index (χ0) is 17.7. The molecule has 2 aromatic rings. The van der Waals surface area contributed by atoms with Crippen molar-refractivity contribution in [3.8, 4) is 11.5 Å². The fourth-order valence-electron chi connectivity index (χ4n) is 2.33. The molecular formula is C20H28IN3O2. The Morgan fingerprint density at radius 1 is 0.923 bits per heavy atom. The van der Waals surface area contributed by atoms with Crippen molar-refractivity contribution in [3.63, 3.8) is 0 Å². The summed E-state index contributed by atoms with van der Waals surface area (Å²) in [6, 6.07) is 18.0. The number of hydrogen-bond donors (Lipinski definition) is 2. The molecule has 0 aliphatic heterocycles. The van der Waals surface area contributed by atoms with E-state index in [1.165, 1.54) is 5.56 Å². The fourth-order valence-corrected chi connectivity index (χ4v) is 2.33. The van der Waals surface area contributed by atoms with E-state index in [0.29, 0.717) is 6.61 Å². The second kappa shape index (κ2) is 13.3. The van der Waals surface area contributed by atoms with E-state index >= 15 is 0 Å². The van der Waals surface area contributed by atoms with Gasteiger partial charge in [-0.25, -0.2) is 0 Å². The van der Waals surface area contributed by atoms with Crippen molar-refractivity contribution in [1.29, 1.82) is 0 Å². The van der Waals surface area contributed by atoms with Crippen molar-refractivity contribution in [1.82, 2.24) is 10.6 Å². The Balaban J connectivity index is 0.00000338. The molecule has 0 bridgehead atoms. The molecule has 0 amide bonds. The average Bonchev–Trinajstić information content (AvgIpc) is 2.67. The van der Waals surface area contributed by atoms with Crippen LogP contribution in [-0.4, -0.2) is 39.8 Å². The summed E-state index contributed by atoms with van der Waals surface area (Å²) in [6.07, 6.45) is 1.87. The number of nitrogens with zero attached hydrogens (tertiary/aromatic N) is 1. The Bertz CT molecular complexity index is 633. The van der Waals surface area contributed by atoms with Gasteiger partial charge in [0.05, 0.1) is 13.7 Å². The summed E-state index contributed by atoms with van der Waals surface area (Å²) in [5, 5.41) is 6.62. The number of hydrogen-bond acceptors (Lipinski definition) is 3. The highest BCUT2D eigenvalue weighted by molar-refractivity contribution is 14.0. The fraction of sp³-hybridized carbons (Fsp3) is 0.350. The highest BCUT2D eigenvalue weighted by Gasteiger charge is 1.99. The third-order valence-electron chi connectivity index (χ3n) is 3.71. The molecule has 2 N–H and O–H groups in total. The Morgan fingerprint density at radius 3 is 2.23 bits per heavy atom. The number of benzene rings is 2. The third-order valence-corrected chi connectivity index (χ3v) is 3.71. The van der Waals surface area contributed by atoms with Gasteiger partial charge >= 0.3 is 0 Å². The van der Waals surface area contributed by atoms with E-state index in [9.17, 15) is 0 Å². The van der Waals surface area contributed by atoms with E-state index in [0.717, 1.165) is 43.4 Å². The maximum atomic E-state index is 5.70. The van der Waals surface area contributed by atoms with Gasteiger partial charge in [-0.3, -0.25) is 4.99 Å². The Kier molecular flexibility index (Phi) is 11.3. The number of rotatable bonds is 9. The van der Waals surface area contributed by atoms with Crippen LogP contribution in [0.15, 0.2) is 59.6 Å². The maximum Gasteiger partial charge on any atom is 0.190 e. The summed E-state index contributed by atoms with van der Waals surface area (Å²) >= 11 is 0. The molecule has 0 radical (unpaired) electrons.